The van der Waals surface area contributed by atoms with Crippen LogP contribution >= 0.6 is 0 Å². The fourth-order valence-corrected chi connectivity index (χ4v) is 4.17. The highest BCUT2D eigenvalue weighted by Gasteiger charge is 2.20. The lowest BCUT2D eigenvalue weighted by Crippen LogP contribution is -2.36. The van der Waals surface area contributed by atoms with E-state index in [9.17, 15) is 4.79 Å². The number of aryl methyl sites for hydroxylation is 1. The van der Waals surface area contributed by atoms with Crippen molar-refractivity contribution in [2.24, 2.45) is 0 Å². The van der Waals surface area contributed by atoms with Gasteiger partial charge in [0.05, 0.1) is 12.7 Å². The van der Waals surface area contributed by atoms with E-state index in [4.69, 9.17) is 14.5 Å². The molecule has 200 valence electrons. The van der Waals surface area contributed by atoms with Crippen LogP contribution in [0.15, 0.2) is 30.6 Å². The number of carbonyl (C=O) groups excluding carboxylic acids is 1. The molecule has 0 aliphatic carbocycles. The number of nitrogens with zero attached hydrogens (tertiary/aromatic N) is 6. The third-order valence-corrected chi connectivity index (χ3v) is 6.25. The van der Waals surface area contributed by atoms with Gasteiger partial charge in [-0.15, -0.1) is 0 Å². The van der Waals surface area contributed by atoms with Gasteiger partial charge in [-0.25, -0.2) is 14.8 Å². The number of amides is 1. The van der Waals surface area contributed by atoms with Gasteiger partial charge in [0.2, 0.25) is 5.88 Å². The first-order valence-corrected chi connectivity index (χ1v) is 13.1. The van der Waals surface area contributed by atoms with Gasteiger partial charge in [0.25, 0.3) is 0 Å². The number of piperidine rings is 1. The Hall–Kier alpha value is -3.56. The molecule has 1 amide bonds. The lowest BCUT2D eigenvalue weighted by atomic mass is 10.1. The van der Waals surface area contributed by atoms with E-state index >= 15 is 0 Å². The van der Waals surface area contributed by atoms with Crippen molar-refractivity contribution in [2.75, 3.05) is 43.5 Å². The average Bonchev–Trinajstić information content (AvgIpc) is 3.30. The molecule has 0 spiro atoms. The Kier molecular flexibility index (Phi) is 8.35. The average molecular weight is 510 g/mol. The largest absolute Gasteiger partial charge is 0.476 e. The highest BCUT2D eigenvalue weighted by atomic mass is 16.6. The maximum Gasteiger partial charge on any atom is 0.410 e. The second-order valence-electron chi connectivity index (χ2n) is 10.4. The molecular weight excluding hydrogens is 470 g/mol. The van der Waals surface area contributed by atoms with E-state index < -0.39 is 5.60 Å². The molecule has 37 heavy (non-hydrogen) atoms. The number of hydrogen-bond acceptors (Lipinski definition) is 8. The molecule has 0 saturated carbocycles. The molecule has 4 rings (SSSR count). The van der Waals surface area contributed by atoms with Crippen LogP contribution in [-0.2, 0) is 17.7 Å². The molecule has 1 aliphatic rings. The third kappa shape index (κ3) is 7.02. The molecule has 0 bridgehead atoms. The predicted octanol–water partition coefficient (Wildman–Crippen LogP) is 4.53. The molecule has 1 fully saturated rings. The quantitative estimate of drug-likeness (QED) is 0.449. The number of carbonyl (C=O) groups is 1. The molecule has 4 heterocycles. The van der Waals surface area contributed by atoms with Crippen molar-refractivity contribution in [3.05, 3.63) is 41.7 Å². The summed E-state index contributed by atoms with van der Waals surface area (Å²) in [6, 6.07) is 5.92. The number of pyridine rings is 1. The molecule has 1 saturated heterocycles. The minimum Gasteiger partial charge on any atom is -0.476 e. The van der Waals surface area contributed by atoms with Gasteiger partial charge in [0.15, 0.2) is 5.65 Å². The van der Waals surface area contributed by atoms with E-state index in [2.05, 4.69) is 33.3 Å². The molecular formula is C27H39N7O3. The summed E-state index contributed by atoms with van der Waals surface area (Å²) in [5.41, 5.74) is 2.55. The maximum absolute atomic E-state index is 12.1. The summed E-state index contributed by atoms with van der Waals surface area (Å²) in [5.74, 6) is 2.43. The van der Waals surface area contributed by atoms with Crippen LogP contribution in [0.1, 0.15) is 58.1 Å². The zero-order valence-corrected chi connectivity index (χ0v) is 22.7. The predicted molar refractivity (Wildman–Crippen MR) is 144 cm³/mol. The van der Waals surface area contributed by atoms with Crippen molar-refractivity contribution in [2.45, 2.75) is 65.5 Å². The van der Waals surface area contributed by atoms with Crippen LogP contribution in [-0.4, -0.2) is 69.5 Å². The van der Waals surface area contributed by atoms with E-state index in [1.807, 2.05) is 43.6 Å². The maximum atomic E-state index is 12.1. The van der Waals surface area contributed by atoms with Gasteiger partial charge >= 0.3 is 6.09 Å². The van der Waals surface area contributed by atoms with Crippen molar-refractivity contribution < 1.29 is 14.3 Å². The van der Waals surface area contributed by atoms with Gasteiger partial charge in [0, 0.05) is 50.6 Å². The number of fused-ring (bicyclic) bond motifs is 1. The highest BCUT2D eigenvalue weighted by molar-refractivity contribution is 5.67. The van der Waals surface area contributed by atoms with E-state index in [0.717, 1.165) is 47.9 Å². The van der Waals surface area contributed by atoms with Crippen LogP contribution in [0, 0.1) is 0 Å². The van der Waals surface area contributed by atoms with Gasteiger partial charge in [-0.3, -0.25) is 0 Å². The Labute approximate surface area is 219 Å². The summed E-state index contributed by atoms with van der Waals surface area (Å²) >= 11 is 0. The normalized spacial score (nSPS) is 14.0. The summed E-state index contributed by atoms with van der Waals surface area (Å²) in [6.07, 6.45) is 7.90. The zero-order chi connectivity index (χ0) is 26.4. The SMILES string of the molecule is CCc1cnn2c(NCc3ccc(OCCN(C)C(=O)OC(C)(C)C)nc3)cc(N3CCCCC3)nc12. The zero-order valence-electron chi connectivity index (χ0n) is 22.7. The number of ether oxygens (including phenoxy) is 2. The molecule has 0 atom stereocenters. The monoisotopic (exact) mass is 509 g/mol. The van der Waals surface area contributed by atoms with Crippen LogP contribution in [0.3, 0.4) is 0 Å². The van der Waals surface area contributed by atoms with E-state index in [1.54, 1.807) is 13.2 Å². The van der Waals surface area contributed by atoms with Gasteiger partial charge in [-0.1, -0.05) is 13.0 Å². The van der Waals surface area contributed by atoms with Crippen LogP contribution in [0.2, 0.25) is 0 Å². The Balaban J connectivity index is 1.36. The molecule has 1 aliphatic heterocycles. The van der Waals surface area contributed by atoms with E-state index in [-0.39, 0.29) is 6.09 Å². The lowest BCUT2D eigenvalue weighted by Gasteiger charge is -2.28. The summed E-state index contributed by atoms with van der Waals surface area (Å²) in [5, 5.41) is 8.11. The minimum absolute atomic E-state index is 0.327. The third-order valence-electron chi connectivity index (χ3n) is 6.25. The smallest absolute Gasteiger partial charge is 0.410 e. The fourth-order valence-electron chi connectivity index (χ4n) is 4.17. The minimum atomic E-state index is -0.523. The van der Waals surface area contributed by atoms with Crippen molar-refractivity contribution in [3.63, 3.8) is 0 Å². The summed E-state index contributed by atoms with van der Waals surface area (Å²) in [7, 11) is 1.69. The Morgan fingerprint density at radius 3 is 2.62 bits per heavy atom. The molecule has 10 nitrogen and oxygen atoms in total. The first-order chi connectivity index (χ1) is 17.7. The van der Waals surface area contributed by atoms with Gasteiger partial charge in [-0.05, 0) is 52.0 Å². The summed E-state index contributed by atoms with van der Waals surface area (Å²) in [6.45, 7) is 11.1. The van der Waals surface area contributed by atoms with Crippen LogP contribution in [0.4, 0.5) is 16.4 Å². The molecule has 0 unspecified atom stereocenters. The van der Waals surface area contributed by atoms with Crippen molar-refractivity contribution in [3.8, 4) is 5.88 Å². The molecule has 3 aromatic rings. The first-order valence-electron chi connectivity index (χ1n) is 13.1. The van der Waals surface area contributed by atoms with Gasteiger partial charge in [0.1, 0.15) is 23.8 Å². The number of anilines is 2. The molecule has 1 N–H and O–H groups in total. The standard InChI is InChI=1S/C27H39N7O3/c1-6-21-19-30-34-22(16-23(31-25(21)34)33-12-8-7-9-13-33)28-17-20-10-11-24(29-18-20)36-15-14-32(5)26(35)37-27(2,3)4/h10-11,16,18-19,28H,6-9,12-15,17H2,1-5H3. The van der Waals surface area contributed by atoms with Crippen LogP contribution in [0.5, 0.6) is 5.88 Å². The Morgan fingerprint density at radius 1 is 1.16 bits per heavy atom. The Morgan fingerprint density at radius 2 is 1.95 bits per heavy atom. The second kappa shape index (κ2) is 11.7. The lowest BCUT2D eigenvalue weighted by molar-refractivity contribution is 0.0277. The fraction of sp³-hybridized carbons (Fsp3) is 0.556. The number of rotatable bonds is 9. The summed E-state index contributed by atoms with van der Waals surface area (Å²) < 4.78 is 13.0. The number of aromatic nitrogens is 4. The van der Waals surface area contributed by atoms with Crippen molar-refractivity contribution in [1.29, 1.82) is 0 Å². The molecule has 0 radical (unpaired) electrons. The van der Waals surface area contributed by atoms with Gasteiger partial charge < -0.3 is 24.6 Å². The topological polar surface area (TPSA) is 97.1 Å². The number of likely N-dealkylation sites (N-methyl/N-ethyl adjacent to an activating group) is 1. The van der Waals surface area contributed by atoms with Gasteiger partial charge in [-0.2, -0.15) is 9.61 Å². The Bertz CT molecular complexity index is 1180. The van der Waals surface area contributed by atoms with E-state index in [1.165, 1.54) is 24.2 Å². The molecule has 3 aromatic heterocycles. The molecule has 0 aromatic carbocycles. The van der Waals surface area contributed by atoms with Crippen molar-refractivity contribution >= 4 is 23.4 Å². The van der Waals surface area contributed by atoms with Crippen molar-refractivity contribution in [1.82, 2.24) is 24.5 Å². The van der Waals surface area contributed by atoms with Crippen LogP contribution < -0.4 is 15.0 Å². The molecule has 10 heteroatoms. The van der Waals surface area contributed by atoms with Crippen LogP contribution in [0.25, 0.3) is 5.65 Å². The number of hydrogen-bond donors (Lipinski definition) is 1. The van der Waals surface area contributed by atoms with E-state index in [0.29, 0.717) is 25.6 Å². The second-order valence-corrected chi connectivity index (χ2v) is 10.4. The highest BCUT2D eigenvalue weighted by Crippen LogP contribution is 2.25. The summed E-state index contributed by atoms with van der Waals surface area (Å²) in [4.78, 5) is 25.3. The first kappa shape index (κ1) is 26.5. The number of nitrogens with one attached hydrogen (secondary N) is 1.